The number of hydrogen-bond donors (Lipinski definition) is 1. The number of nitrogens with two attached hydrogens (primary N) is 1. The molecule has 0 aliphatic heterocycles. The topological polar surface area (TPSA) is 63.4 Å². The quantitative estimate of drug-likeness (QED) is 0.305. The Balaban J connectivity index is 2.37. The molecule has 3 aromatic carbocycles. The van der Waals surface area contributed by atoms with Crippen LogP contribution in [0.2, 0.25) is 0 Å². The maximum atomic E-state index is 14.9. The minimum atomic E-state index is -4.78. The molecule has 3 rings (SSSR count). The number of anilines is 1. The van der Waals surface area contributed by atoms with Crippen LogP contribution in [0.4, 0.5) is 36.4 Å². The van der Waals surface area contributed by atoms with Gasteiger partial charge in [-0.05, 0) is 35.4 Å². The summed E-state index contributed by atoms with van der Waals surface area (Å²) in [6, 6.07) is 6.10. The van der Waals surface area contributed by atoms with Gasteiger partial charge in [-0.25, -0.2) is 31.1 Å². The van der Waals surface area contributed by atoms with Crippen molar-refractivity contribution in [2.45, 2.75) is 11.1 Å². The number of nitrogens with zero attached hydrogens (tertiary/aromatic N) is 1. The third-order valence-corrected chi connectivity index (χ3v) is 5.74. The maximum absolute atomic E-state index is 14.9. The smallest absolute Gasteiger partial charge is 0.377 e. The van der Waals surface area contributed by atoms with Gasteiger partial charge in [0.1, 0.15) is 0 Å². The summed E-state index contributed by atoms with van der Waals surface area (Å²) in [5, 5.41) is 4.99. The molecule has 0 saturated carbocycles. The van der Waals surface area contributed by atoms with E-state index in [-0.39, 0.29) is 16.0 Å². The Morgan fingerprint density at radius 3 is 1.64 bits per heavy atom. The molecule has 0 atom stereocenters. The molecule has 0 radical (unpaired) electrons. The van der Waals surface area contributed by atoms with Crippen molar-refractivity contribution in [1.82, 2.24) is 0 Å². The third-order valence-electron chi connectivity index (χ3n) is 4.81. The summed E-state index contributed by atoms with van der Waals surface area (Å²) < 4.78 is 121. The van der Waals surface area contributed by atoms with Gasteiger partial charge in [0, 0.05) is 30.9 Å². The number of sulfonamides is 1. The standard InChI is InChI=1S/C21H15F7N2O2S/c1-30(2)14-9-11(5-8-13(14)21(26,27)28)16-15(17(22)19(24)20(25)18(16)23)10-3-6-12(7-4-10)33(29,31)32/h3-9H,1-2H3,(H2,29,31,32). The van der Waals surface area contributed by atoms with E-state index in [2.05, 4.69) is 0 Å². The number of alkyl halides is 3. The van der Waals surface area contributed by atoms with Gasteiger partial charge in [0.25, 0.3) is 0 Å². The fourth-order valence-corrected chi connectivity index (χ4v) is 3.80. The normalized spacial score (nSPS) is 12.2. The van der Waals surface area contributed by atoms with Crippen LogP contribution in [0.25, 0.3) is 22.3 Å². The molecular weight excluding hydrogens is 477 g/mol. The van der Waals surface area contributed by atoms with Gasteiger partial charge >= 0.3 is 6.18 Å². The van der Waals surface area contributed by atoms with Crippen molar-refractivity contribution in [1.29, 1.82) is 0 Å². The molecule has 4 nitrogen and oxygen atoms in total. The van der Waals surface area contributed by atoms with E-state index >= 15 is 0 Å². The zero-order valence-corrected chi connectivity index (χ0v) is 17.8. The molecule has 0 amide bonds. The van der Waals surface area contributed by atoms with E-state index in [1.165, 1.54) is 14.1 Å². The average Bonchev–Trinajstić information content (AvgIpc) is 2.73. The van der Waals surface area contributed by atoms with Crippen LogP contribution in [0.1, 0.15) is 5.56 Å². The first-order valence-electron chi connectivity index (χ1n) is 9.02. The number of rotatable bonds is 4. The van der Waals surface area contributed by atoms with Crippen molar-refractivity contribution in [2.75, 3.05) is 19.0 Å². The minimum Gasteiger partial charge on any atom is -0.377 e. The first kappa shape index (κ1) is 24.5. The molecule has 176 valence electrons. The summed E-state index contributed by atoms with van der Waals surface area (Å²) in [4.78, 5) is 0.682. The second-order valence-corrected chi connectivity index (χ2v) is 8.76. The van der Waals surface area contributed by atoms with Crippen LogP contribution in [0.15, 0.2) is 47.4 Å². The zero-order chi connectivity index (χ0) is 24.9. The highest BCUT2D eigenvalue weighted by molar-refractivity contribution is 7.89. The highest BCUT2D eigenvalue weighted by atomic mass is 32.2. The highest BCUT2D eigenvalue weighted by Gasteiger charge is 2.35. The van der Waals surface area contributed by atoms with Crippen LogP contribution in [0.5, 0.6) is 0 Å². The molecule has 12 heteroatoms. The van der Waals surface area contributed by atoms with Crippen molar-refractivity contribution >= 4 is 15.7 Å². The van der Waals surface area contributed by atoms with Crippen molar-refractivity contribution < 1.29 is 39.2 Å². The van der Waals surface area contributed by atoms with Gasteiger partial charge in [-0.1, -0.05) is 18.2 Å². The molecule has 0 saturated heterocycles. The summed E-state index contributed by atoms with van der Waals surface area (Å²) >= 11 is 0. The van der Waals surface area contributed by atoms with Gasteiger partial charge in [-0.2, -0.15) is 13.2 Å². The largest absolute Gasteiger partial charge is 0.418 e. The van der Waals surface area contributed by atoms with E-state index in [1.54, 1.807) is 0 Å². The van der Waals surface area contributed by atoms with Gasteiger partial charge in [-0.15, -0.1) is 0 Å². The van der Waals surface area contributed by atoms with Crippen molar-refractivity contribution in [3.8, 4) is 22.3 Å². The monoisotopic (exact) mass is 492 g/mol. The lowest BCUT2D eigenvalue weighted by Crippen LogP contribution is -2.16. The summed E-state index contributed by atoms with van der Waals surface area (Å²) in [7, 11) is -1.58. The van der Waals surface area contributed by atoms with Crippen molar-refractivity contribution in [3.05, 3.63) is 71.3 Å². The van der Waals surface area contributed by atoms with Crippen LogP contribution < -0.4 is 10.0 Å². The van der Waals surface area contributed by atoms with E-state index in [4.69, 9.17) is 5.14 Å². The van der Waals surface area contributed by atoms with Crippen LogP contribution in [0, 0.1) is 23.3 Å². The predicted molar refractivity (Wildman–Crippen MR) is 108 cm³/mol. The van der Waals surface area contributed by atoms with Crippen LogP contribution >= 0.6 is 0 Å². The Morgan fingerprint density at radius 2 is 1.21 bits per heavy atom. The molecule has 0 spiro atoms. The minimum absolute atomic E-state index is 0.265. The summed E-state index contributed by atoms with van der Waals surface area (Å²) in [5.41, 5.74) is -3.80. The molecule has 0 bridgehead atoms. The third kappa shape index (κ3) is 4.53. The lowest BCUT2D eigenvalue weighted by Gasteiger charge is -2.21. The van der Waals surface area contributed by atoms with E-state index in [1.807, 2.05) is 0 Å². The highest BCUT2D eigenvalue weighted by Crippen LogP contribution is 2.43. The fraction of sp³-hybridized carbons (Fsp3) is 0.143. The van der Waals surface area contributed by atoms with Gasteiger partial charge in [0.2, 0.25) is 10.0 Å². The van der Waals surface area contributed by atoms with E-state index < -0.39 is 61.8 Å². The zero-order valence-electron chi connectivity index (χ0n) is 16.9. The Labute approximate surface area is 184 Å². The van der Waals surface area contributed by atoms with Crippen molar-refractivity contribution in [2.24, 2.45) is 5.14 Å². The maximum Gasteiger partial charge on any atom is 0.418 e. The number of benzene rings is 3. The molecule has 3 aromatic rings. The second kappa shape index (κ2) is 8.34. The fourth-order valence-electron chi connectivity index (χ4n) is 3.28. The molecule has 2 N–H and O–H groups in total. The SMILES string of the molecule is CN(C)c1cc(-c2c(F)c(F)c(F)c(F)c2-c2ccc(S(N)(=O)=O)cc2)ccc1C(F)(F)F. The van der Waals surface area contributed by atoms with Gasteiger partial charge in [0.15, 0.2) is 23.3 Å². The molecule has 0 aromatic heterocycles. The predicted octanol–water partition coefficient (Wildman–Crippen LogP) is 5.31. The molecule has 33 heavy (non-hydrogen) atoms. The molecular formula is C21H15F7N2O2S. The first-order chi connectivity index (χ1) is 15.1. The molecule has 0 unspecified atom stereocenters. The number of hydrogen-bond acceptors (Lipinski definition) is 3. The molecule has 0 heterocycles. The van der Waals surface area contributed by atoms with E-state index in [0.29, 0.717) is 6.07 Å². The van der Waals surface area contributed by atoms with E-state index in [9.17, 15) is 39.2 Å². The first-order valence-corrected chi connectivity index (χ1v) is 10.6. The van der Waals surface area contributed by atoms with Crippen molar-refractivity contribution in [3.63, 3.8) is 0 Å². The van der Waals surface area contributed by atoms with Gasteiger partial charge in [-0.3, -0.25) is 0 Å². The Bertz CT molecular complexity index is 1340. The molecule has 0 aliphatic carbocycles. The average molecular weight is 492 g/mol. The van der Waals surface area contributed by atoms with Crippen LogP contribution in [0.3, 0.4) is 0 Å². The lowest BCUT2D eigenvalue weighted by molar-refractivity contribution is -0.137. The van der Waals surface area contributed by atoms with E-state index in [0.717, 1.165) is 41.3 Å². The lowest BCUT2D eigenvalue weighted by atomic mass is 9.91. The number of primary sulfonamides is 1. The van der Waals surface area contributed by atoms with Crippen LogP contribution in [-0.2, 0) is 16.2 Å². The summed E-state index contributed by atoms with van der Waals surface area (Å²) in [5.74, 6) is -7.93. The van der Waals surface area contributed by atoms with Gasteiger partial charge < -0.3 is 4.90 Å². The molecule has 0 fully saturated rings. The molecule has 0 aliphatic rings. The summed E-state index contributed by atoms with van der Waals surface area (Å²) in [6.07, 6.45) is -4.78. The Morgan fingerprint density at radius 1 is 0.758 bits per heavy atom. The Hall–Kier alpha value is -3.12. The van der Waals surface area contributed by atoms with Gasteiger partial charge in [0.05, 0.1) is 10.5 Å². The Kier molecular flexibility index (Phi) is 6.20. The van der Waals surface area contributed by atoms with Crippen LogP contribution in [-0.4, -0.2) is 22.5 Å². The number of halogens is 7. The second-order valence-electron chi connectivity index (χ2n) is 7.20. The summed E-state index contributed by atoms with van der Waals surface area (Å²) in [6.45, 7) is 0.